The van der Waals surface area contributed by atoms with E-state index in [1.165, 1.54) is 0 Å². The van der Waals surface area contributed by atoms with Crippen LogP contribution in [0.1, 0.15) is 99.0 Å². The maximum atomic E-state index is 14.4. The minimum atomic E-state index is -1.10. The third-order valence-electron chi connectivity index (χ3n) is 12.3. The van der Waals surface area contributed by atoms with Gasteiger partial charge in [-0.3, -0.25) is 24.6 Å². The molecule has 16 nitrogen and oxygen atoms in total. The van der Waals surface area contributed by atoms with E-state index in [4.69, 9.17) is 19.6 Å². The van der Waals surface area contributed by atoms with Crippen molar-refractivity contribution in [2.75, 3.05) is 39.9 Å². The van der Waals surface area contributed by atoms with Crippen molar-refractivity contribution >= 4 is 57.2 Å². The highest BCUT2D eigenvalue weighted by molar-refractivity contribution is 6.09. The average Bonchev–Trinajstić information content (AvgIpc) is 3.36. The lowest BCUT2D eigenvalue weighted by atomic mass is 9.92. The van der Waals surface area contributed by atoms with Crippen molar-refractivity contribution < 1.29 is 38.2 Å². The molecule has 0 aliphatic rings. The Morgan fingerprint density at radius 2 is 1.09 bits per heavy atom. The van der Waals surface area contributed by atoms with Crippen LogP contribution in [0.25, 0.3) is 32.7 Å². The van der Waals surface area contributed by atoms with Crippen molar-refractivity contribution in [1.29, 1.82) is 5.41 Å². The van der Waals surface area contributed by atoms with E-state index in [1.54, 1.807) is 27.8 Å². The van der Waals surface area contributed by atoms with Crippen LogP contribution in [-0.2, 0) is 30.3 Å². The van der Waals surface area contributed by atoms with Gasteiger partial charge in [-0.2, -0.15) is 0 Å². The number of carbonyl (C=O) groups is 5. The fraction of sp³-hybridized carbons (Fsp3) is 0.458. The van der Waals surface area contributed by atoms with Crippen LogP contribution in [0.4, 0.5) is 4.79 Å². The molecule has 404 valence electrons. The van der Waals surface area contributed by atoms with E-state index in [1.807, 2.05) is 86.6 Å². The Kier molecular flexibility index (Phi) is 23.0. The van der Waals surface area contributed by atoms with Crippen LogP contribution in [-0.4, -0.2) is 99.3 Å². The summed E-state index contributed by atoms with van der Waals surface area (Å²) in [4.78, 5) is 68.4. The molecule has 75 heavy (non-hydrogen) atoms. The number of nitrogens with one attached hydrogen (secondary N) is 8. The molecule has 5 aromatic carbocycles. The number of alkyl carbamates (subject to hydrolysis) is 1. The maximum absolute atomic E-state index is 14.4. The van der Waals surface area contributed by atoms with Gasteiger partial charge in [0.05, 0.1) is 19.6 Å². The monoisotopic (exact) mass is 1030 g/mol. The van der Waals surface area contributed by atoms with Crippen molar-refractivity contribution in [3.8, 4) is 22.6 Å². The first-order chi connectivity index (χ1) is 35.9. The SMILES string of the molecule is CNC(=N)NCCC[C@@H](NC(=O)[C@@H](CC(C)C)NC(=O)Cc1ccccc1)C(=O)N[C@H](CCCCNC(=O)OC(C)(C)C)C(=O)NCCOc1ccc2ccccc2c1-c1c(OCCC(C)C)ccc2ccccc12. The summed E-state index contributed by atoms with van der Waals surface area (Å²) in [5.41, 5.74) is 1.91. The molecule has 3 atom stereocenters. The van der Waals surface area contributed by atoms with E-state index in [9.17, 15) is 24.0 Å². The third kappa shape index (κ3) is 19.5. The Hall–Kier alpha value is -7.36. The molecule has 0 aromatic heterocycles. The standard InChI is InChI=1S/C59H80N8O8/c1-39(2)31-35-73-49-29-27-42-21-12-14-23-44(42)52(49)53-45-24-15-13-22-43(45)28-30-50(53)74-36-34-62-54(69)46(25-16-17-32-64-58(72)75-59(5,6)7)66-55(70)47(26-18-33-63-57(60)61-8)67-56(71)48(37-40(3)4)65-51(68)38-41-19-10-9-11-20-41/h9-15,19-24,27-30,39-40,46-48H,16-18,25-26,31-38H2,1-8H3,(H,62,69)(H,64,72)(H,65,68)(H,66,70)(H,67,71)(H3,60,61,63)/t46-,47-,48-/m1/s1. The first-order valence-corrected chi connectivity index (χ1v) is 26.4. The van der Waals surface area contributed by atoms with E-state index in [-0.39, 0.29) is 56.7 Å². The Labute approximate surface area is 443 Å². The van der Waals surface area contributed by atoms with Gasteiger partial charge in [-0.05, 0) is 117 Å². The van der Waals surface area contributed by atoms with E-state index >= 15 is 0 Å². The van der Waals surface area contributed by atoms with Gasteiger partial charge in [-0.1, -0.05) is 119 Å². The van der Waals surface area contributed by atoms with Gasteiger partial charge in [0, 0.05) is 31.3 Å². The molecule has 0 aliphatic carbocycles. The Morgan fingerprint density at radius 3 is 1.68 bits per heavy atom. The summed E-state index contributed by atoms with van der Waals surface area (Å²) in [7, 11) is 1.62. The van der Waals surface area contributed by atoms with Crippen molar-refractivity contribution in [1.82, 2.24) is 37.2 Å². The predicted octanol–water partition coefficient (Wildman–Crippen LogP) is 8.54. The summed E-state index contributed by atoms with van der Waals surface area (Å²) >= 11 is 0. The van der Waals surface area contributed by atoms with E-state index in [0.29, 0.717) is 50.5 Å². The largest absolute Gasteiger partial charge is 0.493 e. The summed E-state index contributed by atoms with van der Waals surface area (Å²) in [6.07, 6.45) is 2.39. The van der Waals surface area contributed by atoms with Gasteiger partial charge in [0.25, 0.3) is 0 Å². The molecule has 0 saturated heterocycles. The zero-order valence-electron chi connectivity index (χ0n) is 45.2. The number of amides is 5. The molecule has 0 bridgehead atoms. The topological polar surface area (TPSA) is 221 Å². The van der Waals surface area contributed by atoms with Crippen molar-refractivity contribution in [3.05, 3.63) is 109 Å². The second-order valence-electron chi connectivity index (χ2n) is 20.6. The van der Waals surface area contributed by atoms with Gasteiger partial charge in [-0.25, -0.2) is 4.79 Å². The zero-order valence-corrected chi connectivity index (χ0v) is 45.2. The lowest BCUT2D eigenvalue weighted by Crippen LogP contribution is -2.57. The van der Waals surface area contributed by atoms with Crippen LogP contribution in [0.2, 0.25) is 0 Å². The highest BCUT2D eigenvalue weighted by atomic mass is 16.6. The summed E-state index contributed by atoms with van der Waals surface area (Å²) in [6.45, 7) is 14.9. The van der Waals surface area contributed by atoms with Crippen LogP contribution in [0, 0.1) is 17.2 Å². The zero-order chi connectivity index (χ0) is 54.3. The van der Waals surface area contributed by atoms with Crippen molar-refractivity contribution in [3.63, 3.8) is 0 Å². The van der Waals surface area contributed by atoms with Crippen LogP contribution < -0.4 is 46.7 Å². The Bertz CT molecular complexity index is 2670. The molecule has 0 spiro atoms. The van der Waals surface area contributed by atoms with Crippen LogP contribution in [0.15, 0.2) is 103 Å². The van der Waals surface area contributed by atoms with E-state index in [0.717, 1.165) is 50.4 Å². The van der Waals surface area contributed by atoms with Crippen molar-refractivity contribution in [2.45, 2.75) is 124 Å². The average molecular weight is 1030 g/mol. The van der Waals surface area contributed by atoms with E-state index in [2.05, 4.69) is 81.4 Å². The van der Waals surface area contributed by atoms with Crippen LogP contribution in [0.5, 0.6) is 11.5 Å². The third-order valence-corrected chi connectivity index (χ3v) is 12.3. The number of fused-ring (bicyclic) bond motifs is 2. The predicted molar refractivity (Wildman–Crippen MR) is 298 cm³/mol. The molecule has 5 rings (SSSR count). The molecule has 8 N–H and O–H groups in total. The lowest BCUT2D eigenvalue weighted by Gasteiger charge is -2.26. The van der Waals surface area contributed by atoms with Gasteiger partial charge in [-0.15, -0.1) is 0 Å². The number of guanidine groups is 1. The van der Waals surface area contributed by atoms with Gasteiger partial charge in [0.2, 0.25) is 23.6 Å². The lowest BCUT2D eigenvalue weighted by molar-refractivity contribution is -0.134. The summed E-state index contributed by atoms with van der Waals surface area (Å²) < 4.78 is 18.5. The second kappa shape index (κ2) is 29.5. The molecule has 5 aromatic rings. The second-order valence-corrected chi connectivity index (χ2v) is 20.6. The number of hydrogen-bond acceptors (Lipinski definition) is 9. The van der Waals surface area contributed by atoms with Crippen molar-refractivity contribution in [2.24, 2.45) is 11.8 Å². The normalized spacial score (nSPS) is 12.6. The number of benzene rings is 5. The fourth-order valence-corrected chi connectivity index (χ4v) is 8.52. The molecule has 0 saturated carbocycles. The molecule has 0 aliphatic heterocycles. The van der Waals surface area contributed by atoms with E-state index < -0.39 is 47.5 Å². The van der Waals surface area contributed by atoms with Gasteiger partial charge >= 0.3 is 6.09 Å². The highest BCUT2D eigenvalue weighted by Gasteiger charge is 2.30. The minimum Gasteiger partial charge on any atom is -0.493 e. The summed E-state index contributed by atoms with van der Waals surface area (Å²) in [5.74, 6) is 0.0394. The van der Waals surface area contributed by atoms with Gasteiger partial charge < -0.3 is 51.4 Å². The molecular weight excluding hydrogens is 949 g/mol. The molecule has 0 radical (unpaired) electrons. The summed E-state index contributed by atoms with van der Waals surface area (Å²) in [6, 6.07) is 30.5. The van der Waals surface area contributed by atoms with Gasteiger partial charge in [0.15, 0.2) is 5.96 Å². The number of rotatable bonds is 28. The smallest absolute Gasteiger partial charge is 0.407 e. The number of ether oxygens (including phenoxy) is 3. The van der Waals surface area contributed by atoms with Crippen LogP contribution in [0.3, 0.4) is 0 Å². The Balaban J connectivity index is 1.36. The van der Waals surface area contributed by atoms with Crippen LogP contribution >= 0.6 is 0 Å². The molecule has 0 fully saturated rings. The highest BCUT2D eigenvalue weighted by Crippen LogP contribution is 2.45. The fourth-order valence-electron chi connectivity index (χ4n) is 8.52. The molecule has 5 amide bonds. The minimum absolute atomic E-state index is 0.0285. The first kappa shape index (κ1) is 58.5. The molecule has 0 unspecified atom stereocenters. The number of carbonyl (C=O) groups excluding carboxylic acids is 5. The number of unbranched alkanes of at least 4 members (excludes halogenated alkanes) is 1. The first-order valence-electron chi connectivity index (χ1n) is 26.4. The maximum Gasteiger partial charge on any atom is 0.407 e. The molecular formula is C59H80N8O8. The van der Waals surface area contributed by atoms with Gasteiger partial charge in [0.1, 0.15) is 41.8 Å². The molecule has 0 heterocycles. The summed E-state index contributed by atoms with van der Waals surface area (Å²) in [5, 5.41) is 32.1. The quantitative estimate of drug-likeness (QED) is 0.0136. The number of hydrogen-bond donors (Lipinski definition) is 8. The molecule has 16 heteroatoms. The Morgan fingerprint density at radius 1 is 0.547 bits per heavy atom.